The molecule has 0 amide bonds. The van der Waals surface area contributed by atoms with Gasteiger partial charge in [0.05, 0.1) is 5.60 Å². The predicted molar refractivity (Wildman–Crippen MR) is 73.3 cm³/mol. The largest absolute Gasteiger partial charge is 0.385 e. The molecule has 2 N–H and O–H groups in total. The molecule has 1 unspecified atom stereocenters. The maximum Gasteiger partial charge on any atom is 0.0880 e. The van der Waals surface area contributed by atoms with Gasteiger partial charge in [0.15, 0.2) is 0 Å². The molecule has 0 bridgehead atoms. The van der Waals surface area contributed by atoms with Gasteiger partial charge in [0, 0.05) is 0 Å². The van der Waals surface area contributed by atoms with Crippen LogP contribution < -0.4 is 5.32 Å². The van der Waals surface area contributed by atoms with Gasteiger partial charge in [-0.15, -0.1) is 0 Å². The summed E-state index contributed by atoms with van der Waals surface area (Å²) >= 11 is 0. The lowest BCUT2D eigenvalue weighted by atomic mass is 9.90. The summed E-state index contributed by atoms with van der Waals surface area (Å²) in [6, 6.07) is 8.31. The summed E-state index contributed by atoms with van der Waals surface area (Å²) in [4.78, 5) is 0. The summed E-state index contributed by atoms with van der Waals surface area (Å²) in [6.07, 6.45) is 0.738. The highest BCUT2D eigenvalue weighted by atomic mass is 16.3. The monoisotopic (exact) mass is 235 g/mol. The predicted octanol–water partition coefficient (Wildman–Crippen LogP) is 3.02. The van der Waals surface area contributed by atoms with Crippen LogP contribution in [0.2, 0.25) is 0 Å². The Bertz CT molecular complexity index is 327. The molecule has 2 heteroatoms. The van der Waals surface area contributed by atoms with Gasteiger partial charge in [0.1, 0.15) is 0 Å². The molecule has 1 aromatic carbocycles. The van der Waals surface area contributed by atoms with Crippen LogP contribution in [0.5, 0.6) is 0 Å². The summed E-state index contributed by atoms with van der Waals surface area (Å²) in [7, 11) is 0. The fourth-order valence-electron chi connectivity index (χ4n) is 1.88. The van der Waals surface area contributed by atoms with Crippen LogP contribution in [-0.4, -0.2) is 18.2 Å². The normalized spacial score (nSPS) is 14.9. The fourth-order valence-corrected chi connectivity index (χ4v) is 1.88. The molecule has 0 heterocycles. The molecule has 2 nitrogen and oxygen atoms in total. The number of nitrogens with one attached hydrogen (secondary N) is 1. The van der Waals surface area contributed by atoms with Gasteiger partial charge in [-0.2, -0.15) is 0 Å². The van der Waals surface area contributed by atoms with Gasteiger partial charge in [0.25, 0.3) is 0 Å². The van der Waals surface area contributed by atoms with Crippen molar-refractivity contribution in [2.75, 3.05) is 13.1 Å². The minimum absolute atomic E-state index is 0.538. The number of hydrogen-bond acceptors (Lipinski definition) is 2. The van der Waals surface area contributed by atoms with E-state index >= 15 is 0 Å². The number of aliphatic hydroxyl groups is 1. The molecule has 17 heavy (non-hydrogen) atoms. The SMILES string of the molecule is CCNCCC(C)(O)c1ccc(C(C)C)cc1. The smallest absolute Gasteiger partial charge is 0.0880 e. The Labute approximate surface area is 105 Å². The van der Waals surface area contributed by atoms with Crippen molar-refractivity contribution in [1.82, 2.24) is 5.32 Å². The van der Waals surface area contributed by atoms with Gasteiger partial charge >= 0.3 is 0 Å². The van der Waals surface area contributed by atoms with Crippen molar-refractivity contribution in [3.8, 4) is 0 Å². The van der Waals surface area contributed by atoms with Gasteiger partial charge in [-0.1, -0.05) is 45.0 Å². The molecule has 96 valence electrons. The molecular weight excluding hydrogens is 210 g/mol. The van der Waals surface area contributed by atoms with Crippen LogP contribution >= 0.6 is 0 Å². The summed E-state index contributed by atoms with van der Waals surface area (Å²) in [6.45, 7) is 10.1. The van der Waals surface area contributed by atoms with Crippen LogP contribution in [-0.2, 0) is 5.60 Å². The Hall–Kier alpha value is -0.860. The number of benzene rings is 1. The average Bonchev–Trinajstić information content (AvgIpc) is 2.29. The highest BCUT2D eigenvalue weighted by Gasteiger charge is 2.22. The molecule has 0 aromatic heterocycles. The van der Waals surface area contributed by atoms with Crippen molar-refractivity contribution in [1.29, 1.82) is 0 Å². The topological polar surface area (TPSA) is 32.3 Å². The molecule has 0 aliphatic heterocycles. The molecule has 0 saturated heterocycles. The molecule has 0 saturated carbocycles. The Balaban J connectivity index is 2.70. The van der Waals surface area contributed by atoms with E-state index in [2.05, 4.69) is 38.2 Å². The second-order valence-corrected chi connectivity index (χ2v) is 5.15. The molecule has 0 aliphatic carbocycles. The Kier molecular flexibility index (Phi) is 5.16. The van der Waals surface area contributed by atoms with Gasteiger partial charge in [-0.05, 0) is 43.5 Å². The Morgan fingerprint density at radius 1 is 1.24 bits per heavy atom. The van der Waals surface area contributed by atoms with E-state index in [9.17, 15) is 5.11 Å². The third-order valence-corrected chi connectivity index (χ3v) is 3.24. The van der Waals surface area contributed by atoms with Crippen molar-refractivity contribution in [3.05, 3.63) is 35.4 Å². The lowest BCUT2D eigenvalue weighted by molar-refractivity contribution is 0.0481. The first-order valence-corrected chi connectivity index (χ1v) is 6.51. The molecule has 1 aromatic rings. The van der Waals surface area contributed by atoms with E-state index in [1.807, 2.05) is 19.1 Å². The zero-order valence-corrected chi connectivity index (χ0v) is 11.5. The van der Waals surface area contributed by atoms with E-state index in [-0.39, 0.29) is 0 Å². The summed E-state index contributed by atoms with van der Waals surface area (Å²) in [5.41, 5.74) is 1.58. The average molecular weight is 235 g/mol. The molecule has 0 fully saturated rings. The first-order valence-electron chi connectivity index (χ1n) is 6.51. The molecule has 0 radical (unpaired) electrons. The Morgan fingerprint density at radius 2 is 1.82 bits per heavy atom. The molecule has 1 rings (SSSR count). The van der Waals surface area contributed by atoms with Gasteiger partial charge in [-0.3, -0.25) is 0 Å². The van der Waals surface area contributed by atoms with Crippen molar-refractivity contribution < 1.29 is 5.11 Å². The molecule has 0 aliphatic rings. The standard InChI is InChI=1S/C15H25NO/c1-5-16-11-10-15(4,17)14-8-6-13(7-9-14)12(2)3/h6-9,12,16-17H,5,10-11H2,1-4H3. The Morgan fingerprint density at radius 3 is 2.29 bits per heavy atom. The van der Waals surface area contributed by atoms with Crippen LogP contribution in [0.4, 0.5) is 0 Å². The van der Waals surface area contributed by atoms with Crippen LogP contribution in [0.1, 0.15) is 51.2 Å². The van der Waals surface area contributed by atoms with E-state index in [1.165, 1.54) is 5.56 Å². The number of hydrogen-bond donors (Lipinski definition) is 2. The van der Waals surface area contributed by atoms with E-state index < -0.39 is 5.60 Å². The third-order valence-electron chi connectivity index (χ3n) is 3.24. The van der Waals surface area contributed by atoms with Crippen molar-refractivity contribution in [3.63, 3.8) is 0 Å². The van der Waals surface area contributed by atoms with Crippen molar-refractivity contribution >= 4 is 0 Å². The minimum atomic E-state index is -0.738. The first-order chi connectivity index (χ1) is 7.97. The van der Waals surface area contributed by atoms with E-state index in [4.69, 9.17) is 0 Å². The first kappa shape index (κ1) is 14.2. The second kappa shape index (κ2) is 6.18. The van der Waals surface area contributed by atoms with Crippen LogP contribution in [0.3, 0.4) is 0 Å². The fraction of sp³-hybridized carbons (Fsp3) is 0.600. The van der Waals surface area contributed by atoms with E-state index in [1.54, 1.807) is 0 Å². The highest BCUT2D eigenvalue weighted by molar-refractivity contribution is 5.28. The van der Waals surface area contributed by atoms with E-state index in [0.717, 1.165) is 25.1 Å². The third kappa shape index (κ3) is 4.14. The lowest BCUT2D eigenvalue weighted by Gasteiger charge is -2.24. The van der Waals surface area contributed by atoms with Crippen LogP contribution in [0.15, 0.2) is 24.3 Å². The minimum Gasteiger partial charge on any atom is -0.385 e. The molecular formula is C15H25NO. The quantitative estimate of drug-likeness (QED) is 0.743. The summed E-state index contributed by atoms with van der Waals surface area (Å²) < 4.78 is 0. The zero-order valence-electron chi connectivity index (χ0n) is 11.5. The molecule has 1 atom stereocenters. The second-order valence-electron chi connectivity index (χ2n) is 5.15. The van der Waals surface area contributed by atoms with Gasteiger partial charge < -0.3 is 10.4 Å². The summed E-state index contributed by atoms with van der Waals surface area (Å²) in [5, 5.41) is 13.6. The van der Waals surface area contributed by atoms with Crippen LogP contribution in [0, 0.1) is 0 Å². The van der Waals surface area contributed by atoms with E-state index in [0.29, 0.717) is 5.92 Å². The number of rotatable bonds is 6. The van der Waals surface area contributed by atoms with Crippen LogP contribution in [0.25, 0.3) is 0 Å². The zero-order chi connectivity index (χ0) is 12.9. The van der Waals surface area contributed by atoms with Crippen molar-refractivity contribution in [2.24, 2.45) is 0 Å². The lowest BCUT2D eigenvalue weighted by Crippen LogP contribution is -2.27. The maximum atomic E-state index is 10.4. The van der Waals surface area contributed by atoms with Crippen molar-refractivity contribution in [2.45, 2.75) is 45.6 Å². The summed E-state index contributed by atoms with van der Waals surface area (Å²) in [5.74, 6) is 0.538. The highest BCUT2D eigenvalue weighted by Crippen LogP contribution is 2.25. The van der Waals surface area contributed by atoms with Gasteiger partial charge in [-0.25, -0.2) is 0 Å². The van der Waals surface area contributed by atoms with Gasteiger partial charge in [0.2, 0.25) is 0 Å². The molecule has 0 spiro atoms. The maximum absolute atomic E-state index is 10.4.